The standard InChI is InChI=1S/C55H97O5Si2.Y/c1-42(2)61(43(3)4,44(5)6)58-35-31-27-23-19-15-17-21-25-29-33-56-50-37-48(13)52-41-53-49(14)38-51(40-55(53)60-54(52)39-50)57-34-30-26-22-18-16-20-24-28-32-36-59-62(45(7)8,46(9)10)47(11)12;/h37-47H,15-36H2,1-14H3;/q-1;. The Morgan fingerprint density at radius 1 is 0.397 bits per heavy atom. The minimum atomic E-state index is -1.72. The summed E-state index contributed by atoms with van der Waals surface area (Å²) in [5.74, 6) is 3.54. The van der Waals surface area contributed by atoms with Gasteiger partial charge in [-0.05, 0) is 71.1 Å². The molecule has 0 fully saturated rings. The normalized spacial score (nSPS) is 12.9. The Morgan fingerprint density at radius 3 is 0.921 bits per heavy atom. The van der Waals surface area contributed by atoms with E-state index in [1.807, 2.05) is 0 Å². The summed E-state index contributed by atoms with van der Waals surface area (Å²) in [4.78, 5) is 0. The van der Waals surface area contributed by atoms with Gasteiger partial charge in [0.05, 0.1) is 24.7 Å². The van der Waals surface area contributed by atoms with Crippen LogP contribution in [0.15, 0.2) is 24.3 Å². The smallest absolute Gasteiger partial charge is 0.200 e. The minimum absolute atomic E-state index is 0. The number of ether oxygens (including phenoxy) is 3. The molecule has 0 amide bonds. The van der Waals surface area contributed by atoms with Gasteiger partial charge in [0, 0.05) is 45.9 Å². The van der Waals surface area contributed by atoms with Crippen molar-refractivity contribution in [3.8, 4) is 23.0 Å². The predicted octanol–water partition coefficient (Wildman–Crippen LogP) is 18.2. The molecule has 1 radical (unpaired) electrons. The first kappa shape index (κ1) is 58.3. The van der Waals surface area contributed by atoms with Gasteiger partial charge in [-0.2, -0.15) is 0 Å². The summed E-state index contributed by atoms with van der Waals surface area (Å²) in [5, 5.41) is 0. The van der Waals surface area contributed by atoms with Crippen molar-refractivity contribution in [1.82, 2.24) is 0 Å². The molecule has 0 saturated carbocycles. The Hall–Kier alpha value is -0.832. The number of aryl methyl sites for hydroxylation is 2. The summed E-state index contributed by atoms with van der Waals surface area (Å²) in [7, 11) is -3.43. The molecule has 3 rings (SSSR count). The molecule has 0 aromatic heterocycles. The average molecular weight is 983 g/mol. The SMILES string of the molecule is Cc1cc(OCCCCCCCCCCCO[Si](C(C)C)(C(C)C)C(C)C)cc2c1[CH-]c1c(C)cc(OCCCCCCCCCCCO[Si](C(C)C)(C(C)C)C(C)C)cc1O2.[Y]. The maximum absolute atomic E-state index is 6.75. The van der Waals surface area contributed by atoms with E-state index in [0.717, 1.165) is 73.4 Å². The van der Waals surface area contributed by atoms with Crippen molar-refractivity contribution < 1.29 is 55.8 Å². The third-order valence-electron chi connectivity index (χ3n) is 14.4. The largest absolute Gasteiger partial charge is 0.526 e. The molecule has 0 N–H and O–H groups in total. The number of fused-ring (bicyclic) bond motifs is 2. The van der Waals surface area contributed by atoms with E-state index < -0.39 is 16.6 Å². The van der Waals surface area contributed by atoms with Gasteiger partial charge in [-0.1, -0.05) is 210 Å². The Balaban J connectivity index is 0.0000137. The van der Waals surface area contributed by atoms with Crippen molar-refractivity contribution in [3.63, 3.8) is 0 Å². The van der Waals surface area contributed by atoms with E-state index in [1.54, 1.807) is 0 Å². The Kier molecular flexibility index (Phi) is 28.2. The first-order chi connectivity index (χ1) is 29.6. The van der Waals surface area contributed by atoms with Crippen molar-refractivity contribution in [2.45, 2.75) is 246 Å². The van der Waals surface area contributed by atoms with E-state index in [2.05, 4.69) is 128 Å². The first-order valence-corrected chi connectivity index (χ1v) is 30.2. The van der Waals surface area contributed by atoms with Crippen molar-refractivity contribution in [3.05, 3.63) is 52.9 Å². The minimum Gasteiger partial charge on any atom is -0.526 e. The van der Waals surface area contributed by atoms with Gasteiger partial charge in [0.1, 0.15) is 11.5 Å². The molecule has 1 aliphatic rings. The predicted molar refractivity (Wildman–Crippen MR) is 273 cm³/mol. The summed E-state index contributed by atoms with van der Waals surface area (Å²) >= 11 is 0. The number of hydrogen-bond acceptors (Lipinski definition) is 5. The number of unbranched alkanes of at least 4 members (excludes halogenated alkanes) is 16. The van der Waals surface area contributed by atoms with Gasteiger partial charge in [0.15, 0.2) is 16.6 Å². The fourth-order valence-corrected chi connectivity index (χ4v) is 22.2. The molecule has 8 heteroatoms. The maximum Gasteiger partial charge on any atom is 0.200 e. The summed E-state index contributed by atoms with van der Waals surface area (Å²) < 4.78 is 32.6. The van der Waals surface area contributed by atoms with E-state index in [0.29, 0.717) is 33.2 Å². The Labute approximate surface area is 417 Å². The van der Waals surface area contributed by atoms with Crippen molar-refractivity contribution in [2.24, 2.45) is 0 Å². The first-order valence-electron chi connectivity index (χ1n) is 25.9. The number of benzene rings is 2. The summed E-state index contributed by atoms with van der Waals surface area (Å²) in [5.41, 5.74) is 8.68. The second-order valence-electron chi connectivity index (χ2n) is 20.9. The van der Waals surface area contributed by atoms with Crippen LogP contribution in [0.3, 0.4) is 0 Å². The molecule has 0 unspecified atom stereocenters. The van der Waals surface area contributed by atoms with Gasteiger partial charge in [-0.3, -0.25) is 0 Å². The molecule has 0 saturated heterocycles. The van der Waals surface area contributed by atoms with Crippen molar-refractivity contribution in [2.75, 3.05) is 26.4 Å². The fraction of sp³-hybridized carbons (Fsp3) is 0.764. The van der Waals surface area contributed by atoms with Crippen LogP contribution in [0.25, 0.3) is 0 Å². The molecule has 0 bridgehead atoms. The van der Waals surface area contributed by atoms with E-state index >= 15 is 0 Å². The molecule has 63 heavy (non-hydrogen) atoms. The third-order valence-corrected chi connectivity index (χ3v) is 26.6. The van der Waals surface area contributed by atoms with Crippen LogP contribution in [0.5, 0.6) is 23.0 Å². The molecule has 0 atom stereocenters. The number of hydrogen-bond donors (Lipinski definition) is 0. The van der Waals surface area contributed by atoms with Gasteiger partial charge < -0.3 is 23.1 Å². The topological polar surface area (TPSA) is 46.2 Å². The summed E-state index contributed by atoms with van der Waals surface area (Å²) in [6.45, 7) is 36.3. The number of rotatable bonds is 34. The van der Waals surface area contributed by atoms with Gasteiger partial charge in [0.2, 0.25) is 0 Å². The zero-order chi connectivity index (χ0) is 45.7. The second-order valence-corrected chi connectivity index (χ2v) is 31.9. The van der Waals surface area contributed by atoms with E-state index in [9.17, 15) is 0 Å². The zero-order valence-corrected chi connectivity index (χ0v) is 48.4. The molecule has 1 aliphatic heterocycles. The molecule has 2 aromatic rings. The molecule has 2 aromatic carbocycles. The van der Waals surface area contributed by atoms with Gasteiger partial charge in [0.25, 0.3) is 0 Å². The van der Waals surface area contributed by atoms with E-state index in [-0.39, 0.29) is 32.7 Å². The van der Waals surface area contributed by atoms with Gasteiger partial charge in [-0.15, -0.1) is 17.5 Å². The molecular weight excluding hydrogens is 886 g/mol. The fourth-order valence-electron chi connectivity index (χ4n) is 11.2. The van der Waals surface area contributed by atoms with E-state index in [4.69, 9.17) is 23.1 Å². The molecule has 5 nitrogen and oxygen atoms in total. The molecular formula is C55H97O5Si2Y-. The van der Waals surface area contributed by atoms with Crippen LogP contribution in [0.1, 0.15) is 221 Å². The summed E-state index contributed by atoms with van der Waals surface area (Å²) in [6.07, 6.45) is 25.1. The van der Waals surface area contributed by atoms with Crippen LogP contribution in [0.2, 0.25) is 33.2 Å². The van der Waals surface area contributed by atoms with Crippen LogP contribution >= 0.6 is 0 Å². The Bertz CT molecular complexity index is 1380. The van der Waals surface area contributed by atoms with Crippen molar-refractivity contribution >= 4 is 16.6 Å². The molecule has 359 valence electrons. The van der Waals surface area contributed by atoms with Gasteiger partial charge in [-0.25, -0.2) is 0 Å². The van der Waals surface area contributed by atoms with Crippen LogP contribution in [0, 0.1) is 20.3 Å². The zero-order valence-electron chi connectivity index (χ0n) is 43.5. The van der Waals surface area contributed by atoms with Crippen molar-refractivity contribution in [1.29, 1.82) is 0 Å². The van der Waals surface area contributed by atoms with Crippen LogP contribution in [-0.2, 0) is 41.6 Å². The second kappa shape index (κ2) is 30.5. The van der Waals surface area contributed by atoms with Crippen LogP contribution in [0.4, 0.5) is 0 Å². The summed E-state index contributed by atoms with van der Waals surface area (Å²) in [6, 6.07) is 8.46. The van der Waals surface area contributed by atoms with Crippen LogP contribution < -0.4 is 14.2 Å². The molecule has 1 heterocycles. The third kappa shape index (κ3) is 18.0. The monoisotopic (exact) mass is 983 g/mol. The average Bonchev–Trinajstić information content (AvgIpc) is 3.19. The van der Waals surface area contributed by atoms with E-state index in [1.165, 1.54) is 114 Å². The van der Waals surface area contributed by atoms with Gasteiger partial charge >= 0.3 is 0 Å². The Morgan fingerprint density at radius 2 is 0.651 bits per heavy atom. The van der Waals surface area contributed by atoms with Crippen LogP contribution in [-0.4, -0.2) is 43.1 Å². The quantitative estimate of drug-likeness (QED) is 0.0339. The maximum atomic E-state index is 6.75. The molecule has 0 spiro atoms. The molecule has 0 aliphatic carbocycles.